The van der Waals surface area contributed by atoms with Crippen LogP contribution in [0.15, 0.2) is 36.4 Å². The third kappa shape index (κ3) is 3.25. The molecule has 1 aliphatic carbocycles. The van der Waals surface area contributed by atoms with Gasteiger partial charge in [0.25, 0.3) is 5.78 Å². The monoisotopic (exact) mass is 441 g/mol. The predicted octanol–water partition coefficient (Wildman–Crippen LogP) is 4.94. The van der Waals surface area contributed by atoms with Crippen molar-refractivity contribution in [1.29, 1.82) is 0 Å². The van der Waals surface area contributed by atoms with Crippen LogP contribution in [0.2, 0.25) is 0 Å². The Balaban J connectivity index is 1.57. The number of hydrogen-bond acceptors (Lipinski definition) is 5. The van der Waals surface area contributed by atoms with Crippen LogP contribution >= 0.6 is 0 Å². The normalized spacial score (nSPS) is 16.9. The fourth-order valence-electron chi connectivity index (χ4n) is 4.66. The minimum atomic E-state index is -0.328. The van der Waals surface area contributed by atoms with Crippen LogP contribution in [0.3, 0.4) is 0 Å². The first-order valence-corrected chi connectivity index (χ1v) is 11.4. The zero-order valence-corrected chi connectivity index (χ0v) is 18.7. The van der Waals surface area contributed by atoms with E-state index in [1.54, 1.807) is 10.5 Å². The van der Waals surface area contributed by atoms with E-state index in [2.05, 4.69) is 29.0 Å². The number of anilines is 2. The van der Waals surface area contributed by atoms with Gasteiger partial charge in [-0.3, -0.25) is 4.40 Å². The number of nitrogens with zero attached hydrogens (tertiary/aromatic N) is 5. The summed E-state index contributed by atoms with van der Waals surface area (Å²) in [7, 11) is 0. The number of ether oxygens (including phenoxy) is 1. The maximum Gasteiger partial charge on any atom is 0.257 e. The van der Waals surface area contributed by atoms with E-state index >= 15 is 4.39 Å². The molecule has 0 bridgehead atoms. The second-order valence-corrected chi connectivity index (χ2v) is 8.84. The Morgan fingerprint density at radius 3 is 2.82 bits per heavy atom. The Labute approximate surface area is 191 Å². The summed E-state index contributed by atoms with van der Waals surface area (Å²) in [5, 5.41) is 8.83. The second kappa shape index (κ2) is 7.53. The molecule has 6 nitrogen and oxygen atoms in total. The number of fused-ring (bicyclic) bond motifs is 4. The fourth-order valence-corrected chi connectivity index (χ4v) is 4.66. The number of halogens is 1. The molecule has 0 N–H and O–H groups in total. The van der Waals surface area contributed by atoms with Gasteiger partial charge in [-0.25, -0.2) is 4.39 Å². The SMILES string of the molecule is CCC1(C#Cc2cccc3c2COCCN3c2nc3nnc(C)n3c3cccc(F)c23)CC1. The van der Waals surface area contributed by atoms with Crippen LogP contribution in [0.1, 0.15) is 43.1 Å². The highest BCUT2D eigenvalue weighted by Crippen LogP contribution is 2.48. The number of aromatic nitrogens is 4. The van der Waals surface area contributed by atoms with Gasteiger partial charge in [-0.2, -0.15) is 4.98 Å². The highest BCUT2D eigenvalue weighted by Gasteiger charge is 2.38. The Bertz CT molecular complexity index is 1460. The van der Waals surface area contributed by atoms with Crippen molar-refractivity contribution >= 4 is 28.2 Å². The topological polar surface area (TPSA) is 55.5 Å². The Kier molecular flexibility index (Phi) is 4.59. The maximum absolute atomic E-state index is 15.2. The largest absolute Gasteiger partial charge is 0.375 e. The van der Waals surface area contributed by atoms with E-state index in [0.29, 0.717) is 48.1 Å². The summed E-state index contributed by atoms with van der Waals surface area (Å²) < 4.78 is 23.0. The first kappa shape index (κ1) is 20.1. The third-order valence-corrected chi connectivity index (χ3v) is 6.87. The van der Waals surface area contributed by atoms with Crippen LogP contribution < -0.4 is 4.90 Å². The van der Waals surface area contributed by atoms with E-state index in [1.165, 1.54) is 18.9 Å². The summed E-state index contributed by atoms with van der Waals surface area (Å²) in [6.07, 6.45) is 3.41. The molecule has 6 rings (SSSR count). The smallest absolute Gasteiger partial charge is 0.257 e. The van der Waals surface area contributed by atoms with Crippen molar-refractivity contribution in [2.45, 2.75) is 39.7 Å². The van der Waals surface area contributed by atoms with Gasteiger partial charge in [0, 0.05) is 28.8 Å². The molecule has 0 atom stereocenters. The zero-order valence-electron chi connectivity index (χ0n) is 18.7. The van der Waals surface area contributed by atoms with Crippen LogP contribution in [-0.4, -0.2) is 32.7 Å². The Morgan fingerprint density at radius 1 is 1.15 bits per heavy atom. The van der Waals surface area contributed by atoms with Gasteiger partial charge in [-0.15, -0.1) is 10.2 Å². The van der Waals surface area contributed by atoms with Crippen LogP contribution in [0.4, 0.5) is 15.9 Å². The lowest BCUT2D eigenvalue weighted by Crippen LogP contribution is -2.23. The quantitative estimate of drug-likeness (QED) is 0.413. The van der Waals surface area contributed by atoms with Gasteiger partial charge < -0.3 is 9.64 Å². The van der Waals surface area contributed by atoms with Crippen LogP contribution in [0.5, 0.6) is 0 Å². The fraction of sp³-hybridized carbons (Fsp3) is 0.346. The van der Waals surface area contributed by atoms with Crippen molar-refractivity contribution in [2.24, 2.45) is 5.41 Å². The minimum Gasteiger partial charge on any atom is -0.375 e. The summed E-state index contributed by atoms with van der Waals surface area (Å²) in [6, 6.07) is 11.1. The number of aryl methyl sites for hydroxylation is 1. The summed E-state index contributed by atoms with van der Waals surface area (Å²) >= 11 is 0. The Hall–Kier alpha value is -3.50. The second-order valence-electron chi connectivity index (χ2n) is 8.84. The molecule has 2 aromatic carbocycles. The molecule has 166 valence electrons. The van der Waals surface area contributed by atoms with Crippen molar-refractivity contribution in [3.63, 3.8) is 0 Å². The van der Waals surface area contributed by atoms with E-state index in [4.69, 9.17) is 9.72 Å². The van der Waals surface area contributed by atoms with E-state index in [1.807, 2.05) is 36.1 Å². The number of rotatable bonds is 2. The highest BCUT2D eigenvalue weighted by atomic mass is 19.1. The summed E-state index contributed by atoms with van der Waals surface area (Å²) in [6.45, 7) is 5.54. The highest BCUT2D eigenvalue weighted by molar-refractivity contribution is 5.94. The van der Waals surface area contributed by atoms with Crippen LogP contribution in [-0.2, 0) is 11.3 Å². The van der Waals surface area contributed by atoms with Gasteiger partial charge in [-0.1, -0.05) is 30.9 Å². The lowest BCUT2D eigenvalue weighted by Gasteiger charge is -2.25. The summed E-state index contributed by atoms with van der Waals surface area (Å²) in [4.78, 5) is 6.81. The van der Waals surface area contributed by atoms with Crippen molar-refractivity contribution < 1.29 is 9.13 Å². The molecule has 4 aromatic rings. The van der Waals surface area contributed by atoms with Gasteiger partial charge in [0.15, 0.2) is 0 Å². The lowest BCUT2D eigenvalue weighted by atomic mass is 10.0. The molecule has 0 saturated heterocycles. The third-order valence-electron chi connectivity index (χ3n) is 6.87. The van der Waals surface area contributed by atoms with Crippen molar-refractivity contribution in [1.82, 2.24) is 19.6 Å². The molecule has 2 aromatic heterocycles. The molecule has 0 unspecified atom stereocenters. The molecular weight excluding hydrogens is 417 g/mol. The van der Waals surface area contributed by atoms with Gasteiger partial charge in [0.2, 0.25) is 0 Å². The van der Waals surface area contributed by atoms with Crippen molar-refractivity contribution in [3.8, 4) is 11.8 Å². The average molecular weight is 442 g/mol. The molecule has 2 aliphatic rings. The molecule has 7 heteroatoms. The van der Waals surface area contributed by atoms with Gasteiger partial charge >= 0.3 is 0 Å². The predicted molar refractivity (Wildman–Crippen MR) is 125 cm³/mol. The molecule has 3 heterocycles. The van der Waals surface area contributed by atoms with Crippen LogP contribution in [0, 0.1) is 30.0 Å². The van der Waals surface area contributed by atoms with Gasteiger partial charge in [-0.05, 0) is 50.5 Å². The lowest BCUT2D eigenvalue weighted by molar-refractivity contribution is 0.133. The summed E-state index contributed by atoms with van der Waals surface area (Å²) in [5.74, 6) is 8.24. The molecular formula is C26H24FN5O. The maximum atomic E-state index is 15.2. The molecule has 1 saturated carbocycles. The van der Waals surface area contributed by atoms with Crippen molar-refractivity contribution in [2.75, 3.05) is 18.1 Å². The molecule has 33 heavy (non-hydrogen) atoms. The average Bonchev–Trinajstić information content (AvgIpc) is 3.57. The molecule has 1 fully saturated rings. The molecule has 0 amide bonds. The molecule has 0 radical (unpaired) electrons. The van der Waals surface area contributed by atoms with Crippen molar-refractivity contribution in [3.05, 3.63) is 59.2 Å². The van der Waals surface area contributed by atoms with Crippen LogP contribution in [0.25, 0.3) is 16.7 Å². The first-order chi connectivity index (χ1) is 16.1. The first-order valence-electron chi connectivity index (χ1n) is 11.4. The standard InChI is InChI=1S/C26H24FN5O/c1-3-26(12-13-26)11-10-18-6-4-8-21-19(18)16-33-15-14-31(21)24-23-20(27)7-5-9-22(23)32-17(2)29-30-25(32)28-24/h4-9H,3,12-16H2,1-2H3. The van der Waals surface area contributed by atoms with E-state index in [-0.39, 0.29) is 11.2 Å². The number of hydrogen-bond donors (Lipinski definition) is 0. The van der Waals surface area contributed by atoms with E-state index in [0.717, 1.165) is 23.2 Å². The van der Waals surface area contributed by atoms with Gasteiger partial charge in [0.1, 0.15) is 17.5 Å². The Morgan fingerprint density at radius 2 is 2.00 bits per heavy atom. The minimum absolute atomic E-state index is 0.172. The molecule has 0 spiro atoms. The molecule has 1 aliphatic heterocycles. The zero-order chi connectivity index (χ0) is 22.6. The van der Waals surface area contributed by atoms with E-state index < -0.39 is 0 Å². The van der Waals surface area contributed by atoms with Gasteiger partial charge in [0.05, 0.1) is 24.1 Å². The summed E-state index contributed by atoms with van der Waals surface area (Å²) in [5.41, 5.74) is 3.78. The van der Waals surface area contributed by atoms with E-state index in [9.17, 15) is 0 Å². The number of benzene rings is 2.